The quantitative estimate of drug-likeness (QED) is 0.631. The summed E-state index contributed by atoms with van der Waals surface area (Å²) < 4.78 is 40.0. The Balaban J connectivity index is 2.35. The summed E-state index contributed by atoms with van der Waals surface area (Å²) in [5, 5.41) is 10.7. The van der Waals surface area contributed by atoms with Crippen LogP contribution in [0.4, 0.5) is 15.8 Å². The molecule has 2 aromatic rings. The average molecular weight is 339 g/mol. The van der Waals surface area contributed by atoms with Crippen LogP contribution in [-0.2, 0) is 10.0 Å². The minimum Gasteiger partial charge on any atom is -0.366 e. The first-order chi connectivity index (χ1) is 10.7. The number of amides is 1. The van der Waals surface area contributed by atoms with Crippen molar-refractivity contribution in [2.24, 2.45) is 5.73 Å². The maximum Gasteiger partial charge on any atom is 0.270 e. The normalized spacial score (nSPS) is 11.0. The molecule has 0 atom stereocenters. The molecule has 0 aromatic heterocycles. The third-order valence-corrected chi connectivity index (χ3v) is 4.20. The number of nitro benzene ring substituents is 1. The molecular formula is C13H10FN3O5S. The predicted molar refractivity (Wildman–Crippen MR) is 78.8 cm³/mol. The van der Waals surface area contributed by atoms with Crippen molar-refractivity contribution in [3.8, 4) is 0 Å². The number of nitrogens with zero attached hydrogens (tertiary/aromatic N) is 1. The number of non-ortho nitro benzene ring substituents is 1. The molecule has 3 N–H and O–H groups in total. The van der Waals surface area contributed by atoms with Crippen LogP contribution in [0.1, 0.15) is 10.4 Å². The van der Waals surface area contributed by atoms with E-state index < -0.39 is 32.4 Å². The first-order valence-corrected chi connectivity index (χ1v) is 7.55. The van der Waals surface area contributed by atoms with Gasteiger partial charge in [0.1, 0.15) is 5.82 Å². The molecule has 2 aromatic carbocycles. The predicted octanol–water partition coefficient (Wildman–Crippen LogP) is 1.63. The fraction of sp³-hybridized carbons (Fsp3) is 0. The third-order valence-electron chi connectivity index (χ3n) is 2.83. The SMILES string of the molecule is NC(=O)c1ccc(NS(=O)(=O)c2cccc([N+](=O)[O-])c2)cc1F. The zero-order chi connectivity index (χ0) is 17.2. The topological polar surface area (TPSA) is 132 Å². The number of anilines is 1. The second-order valence-electron chi connectivity index (χ2n) is 4.42. The minimum atomic E-state index is -4.16. The maximum absolute atomic E-state index is 13.6. The molecule has 10 heteroatoms. The van der Waals surface area contributed by atoms with Gasteiger partial charge in [0, 0.05) is 12.1 Å². The lowest BCUT2D eigenvalue weighted by molar-refractivity contribution is -0.385. The average Bonchev–Trinajstić information content (AvgIpc) is 2.46. The summed E-state index contributed by atoms with van der Waals surface area (Å²) >= 11 is 0. The van der Waals surface area contributed by atoms with Crippen LogP contribution in [0.3, 0.4) is 0 Å². The van der Waals surface area contributed by atoms with Gasteiger partial charge < -0.3 is 5.73 Å². The number of nitrogens with two attached hydrogens (primary N) is 1. The van der Waals surface area contributed by atoms with E-state index in [2.05, 4.69) is 4.72 Å². The van der Waals surface area contributed by atoms with E-state index in [1.54, 1.807) is 0 Å². The third kappa shape index (κ3) is 3.61. The molecule has 0 heterocycles. The summed E-state index contributed by atoms with van der Waals surface area (Å²) in [6.07, 6.45) is 0. The van der Waals surface area contributed by atoms with E-state index in [1.165, 1.54) is 6.07 Å². The highest BCUT2D eigenvalue weighted by molar-refractivity contribution is 7.92. The fourth-order valence-electron chi connectivity index (χ4n) is 1.76. The number of halogens is 1. The molecule has 0 aliphatic heterocycles. The summed E-state index contributed by atoms with van der Waals surface area (Å²) in [6.45, 7) is 0. The number of hydrogen-bond donors (Lipinski definition) is 2. The Hall–Kier alpha value is -3.01. The van der Waals surface area contributed by atoms with Gasteiger partial charge >= 0.3 is 0 Å². The van der Waals surface area contributed by atoms with E-state index in [9.17, 15) is 27.7 Å². The number of nitro groups is 1. The Morgan fingerprint density at radius 2 is 1.91 bits per heavy atom. The van der Waals surface area contributed by atoms with E-state index in [4.69, 9.17) is 5.73 Å². The van der Waals surface area contributed by atoms with Gasteiger partial charge in [-0.25, -0.2) is 12.8 Å². The number of benzene rings is 2. The van der Waals surface area contributed by atoms with Gasteiger partial charge in [0.25, 0.3) is 21.6 Å². The van der Waals surface area contributed by atoms with Gasteiger partial charge in [-0.05, 0) is 24.3 Å². The fourth-order valence-corrected chi connectivity index (χ4v) is 2.85. The van der Waals surface area contributed by atoms with Gasteiger partial charge in [0.2, 0.25) is 0 Å². The van der Waals surface area contributed by atoms with Gasteiger partial charge in [0.15, 0.2) is 0 Å². The standard InChI is InChI=1S/C13H10FN3O5S/c14-12-6-8(4-5-11(12)13(15)18)16-23(21,22)10-3-1-2-9(7-10)17(19)20/h1-7,16H,(H2,15,18). The Bertz CT molecular complexity index is 898. The van der Waals surface area contributed by atoms with Crippen LogP contribution in [0, 0.1) is 15.9 Å². The van der Waals surface area contributed by atoms with Crippen LogP contribution in [0.5, 0.6) is 0 Å². The van der Waals surface area contributed by atoms with E-state index in [0.717, 1.165) is 36.4 Å². The van der Waals surface area contributed by atoms with E-state index in [0.29, 0.717) is 0 Å². The van der Waals surface area contributed by atoms with E-state index >= 15 is 0 Å². The van der Waals surface area contributed by atoms with Crippen molar-refractivity contribution in [2.75, 3.05) is 4.72 Å². The highest BCUT2D eigenvalue weighted by Crippen LogP contribution is 2.21. The second-order valence-corrected chi connectivity index (χ2v) is 6.10. The first-order valence-electron chi connectivity index (χ1n) is 6.07. The molecule has 0 spiro atoms. The Morgan fingerprint density at radius 3 is 2.48 bits per heavy atom. The zero-order valence-electron chi connectivity index (χ0n) is 11.4. The molecule has 0 bridgehead atoms. The molecule has 0 saturated heterocycles. The zero-order valence-corrected chi connectivity index (χ0v) is 12.2. The van der Waals surface area contributed by atoms with Crippen molar-refractivity contribution in [1.29, 1.82) is 0 Å². The number of carbonyl (C=O) groups is 1. The highest BCUT2D eigenvalue weighted by Gasteiger charge is 2.18. The molecular weight excluding hydrogens is 329 g/mol. The molecule has 0 aliphatic rings. The van der Waals surface area contributed by atoms with Gasteiger partial charge in [-0.15, -0.1) is 0 Å². The van der Waals surface area contributed by atoms with Crippen molar-refractivity contribution >= 4 is 27.3 Å². The van der Waals surface area contributed by atoms with Crippen molar-refractivity contribution in [2.45, 2.75) is 4.90 Å². The number of nitrogens with one attached hydrogen (secondary N) is 1. The number of primary amides is 1. The first kappa shape index (κ1) is 16.4. The van der Waals surface area contributed by atoms with Crippen LogP contribution in [-0.4, -0.2) is 19.2 Å². The van der Waals surface area contributed by atoms with E-state index in [1.807, 2.05) is 0 Å². The summed E-state index contributed by atoms with van der Waals surface area (Å²) in [4.78, 5) is 20.5. The van der Waals surface area contributed by atoms with Gasteiger partial charge in [0.05, 0.1) is 21.1 Å². The van der Waals surface area contributed by atoms with Crippen molar-refractivity contribution < 1.29 is 22.5 Å². The maximum atomic E-state index is 13.6. The van der Waals surface area contributed by atoms with E-state index in [-0.39, 0.29) is 16.1 Å². The van der Waals surface area contributed by atoms with Gasteiger partial charge in [-0.1, -0.05) is 6.07 Å². The van der Waals surface area contributed by atoms with Crippen LogP contribution >= 0.6 is 0 Å². The molecule has 23 heavy (non-hydrogen) atoms. The van der Waals surface area contributed by atoms with Crippen LogP contribution in [0.25, 0.3) is 0 Å². The number of hydrogen-bond acceptors (Lipinski definition) is 5. The van der Waals surface area contributed by atoms with Crippen LogP contribution in [0.15, 0.2) is 47.4 Å². The molecule has 0 radical (unpaired) electrons. The Kier molecular flexibility index (Phi) is 4.27. The highest BCUT2D eigenvalue weighted by atomic mass is 32.2. The summed E-state index contributed by atoms with van der Waals surface area (Å²) in [5.74, 6) is -1.98. The number of carbonyl (C=O) groups excluding carboxylic acids is 1. The Labute approximate surface area is 129 Å². The van der Waals surface area contributed by atoms with Gasteiger partial charge in [-0.2, -0.15) is 0 Å². The Morgan fingerprint density at radius 1 is 1.22 bits per heavy atom. The minimum absolute atomic E-state index is 0.154. The molecule has 0 unspecified atom stereocenters. The molecule has 2 rings (SSSR count). The number of sulfonamides is 1. The lowest BCUT2D eigenvalue weighted by atomic mass is 10.2. The molecule has 8 nitrogen and oxygen atoms in total. The summed E-state index contributed by atoms with van der Waals surface area (Å²) in [5.41, 5.74) is 4.01. The lowest BCUT2D eigenvalue weighted by Crippen LogP contribution is -2.15. The second kappa shape index (κ2) is 6.01. The van der Waals surface area contributed by atoms with Gasteiger partial charge in [-0.3, -0.25) is 19.6 Å². The monoisotopic (exact) mass is 339 g/mol. The smallest absolute Gasteiger partial charge is 0.270 e. The summed E-state index contributed by atoms with van der Waals surface area (Å²) in [7, 11) is -4.16. The van der Waals surface area contributed by atoms with Crippen molar-refractivity contribution in [3.05, 3.63) is 64.0 Å². The van der Waals surface area contributed by atoms with Crippen molar-refractivity contribution in [1.82, 2.24) is 0 Å². The van der Waals surface area contributed by atoms with Crippen LogP contribution in [0.2, 0.25) is 0 Å². The van der Waals surface area contributed by atoms with Crippen LogP contribution < -0.4 is 10.5 Å². The molecule has 0 aliphatic carbocycles. The number of rotatable bonds is 5. The van der Waals surface area contributed by atoms with Crippen molar-refractivity contribution in [3.63, 3.8) is 0 Å². The molecule has 0 saturated carbocycles. The lowest BCUT2D eigenvalue weighted by Gasteiger charge is -2.09. The summed E-state index contributed by atoms with van der Waals surface area (Å²) in [6, 6.07) is 7.35. The molecule has 1 amide bonds. The largest absolute Gasteiger partial charge is 0.366 e. The molecule has 120 valence electrons. The molecule has 0 fully saturated rings.